The number of nitrogens with two attached hydrogens (primary N) is 1. The molecule has 0 heterocycles. The third-order valence-corrected chi connectivity index (χ3v) is 5.74. The van der Waals surface area contributed by atoms with Gasteiger partial charge in [-0.1, -0.05) is 52.0 Å². The summed E-state index contributed by atoms with van der Waals surface area (Å²) in [5.41, 5.74) is 8.69. The second-order valence-corrected chi connectivity index (χ2v) is 9.24. The van der Waals surface area contributed by atoms with Gasteiger partial charge in [0, 0.05) is 32.0 Å². The van der Waals surface area contributed by atoms with Gasteiger partial charge in [0.25, 0.3) is 0 Å². The molecule has 8 nitrogen and oxygen atoms in total. The minimum atomic E-state index is -0.781. The van der Waals surface area contributed by atoms with Gasteiger partial charge >= 0.3 is 0 Å². The molecule has 0 spiro atoms. The monoisotopic (exact) mass is 574 g/mol. The normalized spacial score (nSPS) is 10.7. The minimum absolute atomic E-state index is 0.0168. The third kappa shape index (κ3) is 18.5. The molecule has 2 rings (SSSR count). The van der Waals surface area contributed by atoms with Crippen molar-refractivity contribution in [1.82, 2.24) is 16.0 Å². The highest BCUT2D eigenvalue weighted by Crippen LogP contribution is 2.16. The van der Waals surface area contributed by atoms with Gasteiger partial charge in [0.1, 0.15) is 17.6 Å². The van der Waals surface area contributed by atoms with E-state index in [0.717, 1.165) is 25.1 Å². The molecule has 0 radical (unpaired) electrons. The van der Waals surface area contributed by atoms with Crippen molar-refractivity contribution in [2.45, 2.75) is 92.7 Å². The van der Waals surface area contributed by atoms with Gasteiger partial charge in [0.2, 0.25) is 17.7 Å². The number of likely N-dealkylation sites (N-methyl/N-ethyl adjacent to an activating group) is 1. The fourth-order valence-corrected chi connectivity index (χ4v) is 3.71. The fourth-order valence-electron chi connectivity index (χ4n) is 3.71. The molecule has 2 aromatic carbocycles. The number of carbonyl (C=O) groups is 3. The molecule has 0 saturated heterocycles. The number of aryl methyl sites for hydroxylation is 2. The van der Waals surface area contributed by atoms with Crippen molar-refractivity contribution >= 4 is 17.7 Å². The Hall–Kier alpha value is -3.46. The number of primary amides is 1. The van der Waals surface area contributed by atoms with Crippen LogP contribution in [0, 0.1) is 12.7 Å². The van der Waals surface area contributed by atoms with Crippen LogP contribution in [-0.2, 0) is 27.3 Å². The smallest absolute Gasteiger partial charge is 0.242 e. The molecule has 2 aromatic rings. The number of unbranched alkanes of at least 4 members (excludes halogenated alkanes) is 1. The maximum Gasteiger partial charge on any atom is 0.242 e. The Kier molecular flexibility index (Phi) is 21.3. The number of carbonyl (C=O) groups excluding carboxylic acids is 3. The van der Waals surface area contributed by atoms with Crippen molar-refractivity contribution in [3.05, 3.63) is 65.0 Å². The van der Waals surface area contributed by atoms with Crippen LogP contribution in [0.15, 0.2) is 42.5 Å². The predicted molar refractivity (Wildman–Crippen MR) is 164 cm³/mol. The van der Waals surface area contributed by atoms with E-state index in [-0.39, 0.29) is 36.9 Å². The molecule has 0 fully saturated rings. The van der Waals surface area contributed by atoms with E-state index in [4.69, 9.17) is 10.5 Å². The second kappa shape index (κ2) is 23.3. The molecule has 0 aliphatic rings. The van der Waals surface area contributed by atoms with Crippen LogP contribution in [0.5, 0.6) is 5.75 Å². The summed E-state index contributed by atoms with van der Waals surface area (Å²) in [4.78, 5) is 34.9. The third-order valence-electron chi connectivity index (χ3n) is 5.74. The molecule has 0 aliphatic carbocycles. The number of ether oxygens (including phenoxy) is 1. The Morgan fingerprint density at radius 1 is 0.951 bits per heavy atom. The summed E-state index contributed by atoms with van der Waals surface area (Å²) < 4.78 is 18.7. The average molecular weight is 575 g/mol. The molecular weight excluding hydrogens is 523 g/mol. The molecule has 41 heavy (non-hydrogen) atoms. The van der Waals surface area contributed by atoms with E-state index in [0.29, 0.717) is 31.7 Å². The van der Waals surface area contributed by atoms with Crippen LogP contribution in [0.2, 0.25) is 0 Å². The van der Waals surface area contributed by atoms with E-state index in [1.165, 1.54) is 23.3 Å². The van der Waals surface area contributed by atoms with Crippen molar-refractivity contribution in [3.8, 4) is 5.75 Å². The Labute approximate surface area is 246 Å². The number of rotatable bonds is 16. The zero-order chi connectivity index (χ0) is 31.0. The maximum absolute atomic E-state index is 13.3. The number of benzene rings is 2. The molecular formula is C32H51FN4O4. The lowest BCUT2D eigenvalue weighted by atomic mass is 10.1. The van der Waals surface area contributed by atoms with Crippen molar-refractivity contribution in [2.24, 2.45) is 5.73 Å². The summed E-state index contributed by atoms with van der Waals surface area (Å²) in [6.45, 7) is 14.7. The lowest BCUT2D eigenvalue weighted by Gasteiger charge is -2.17. The lowest BCUT2D eigenvalue weighted by Crippen LogP contribution is -2.47. The van der Waals surface area contributed by atoms with Crippen LogP contribution < -0.4 is 26.4 Å². The van der Waals surface area contributed by atoms with Crippen LogP contribution >= 0.6 is 0 Å². The van der Waals surface area contributed by atoms with E-state index in [9.17, 15) is 18.8 Å². The largest absolute Gasteiger partial charge is 0.493 e. The van der Waals surface area contributed by atoms with E-state index in [2.05, 4.69) is 54.1 Å². The molecule has 0 bridgehead atoms. The van der Waals surface area contributed by atoms with Gasteiger partial charge in [-0.05, 0) is 74.9 Å². The van der Waals surface area contributed by atoms with E-state index in [1.807, 2.05) is 13.8 Å². The summed E-state index contributed by atoms with van der Waals surface area (Å²) >= 11 is 0. The Balaban J connectivity index is 0.000000947. The zero-order valence-electron chi connectivity index (χ0n) is 25.8. The first-order valence-electron chi connectivity index (χ1n) is 14.7. The van der Waals surface area contributed by atoms with Crippen molar-refractivity contribution in [3.63, 3.8) is 0 Å². The number of halogens is 1. The molecule has 9 heteroatoms. The van der Waals surface area contributed by atoms with Gasteiger partial charge in [-0.25, -0.2) is 4.39 Å². The predicted octanol–water partition coefficient (Wildman–Crippen LogP) is 4.95. The molecule has 1 atom stereocenters. The first kappa shape index (κ1) is 37.5. The Bertz CT molecular complexity index is 1010. The highest BCUT2D eigenvalue weighted by atomic mass is 19.1. The van der Waals surface area contributed by atoms with E-state index < -0.39 is 11.9 Å². The highest BCUT2D eigenvalue weighted by molar-refractivity contribution is 5.88. The van der Waals surface area contributed by atoms with Gasteiger partial charge in [0.15, 0.2) is 0 Å². The molecule has 5 N–H and O–H groups in total. The van der Waals surface area contributed by atoms with E-state index in [1.54, 1.807) is 19.9 Å². The number of hydrogen-bond donors (Lipinski definition) is 4. The standard InChI is InChI=1S/C19H28FN3O4.C11H17N.C2H6/c1-3-22-19(26)16(7-8-17(21)24)23-18(25)6-4-5-9-27-15-11-13(2)10-14(20)12-15;1-3-10-6-5-7-11(8-10)9-12-4-2;1-2/h10-12,16H,3-9H2,1-2H3,(H2,21,24)(H,22,26)(H,23,25);5-8,12H,3-4,9H2,1-2H3;1-2H3. The van der Waals surface area contributed by atoms with Crippen molar-refractivity contribution in [1.29, 1.82) is 0 Å². The molecule has 1 unspecified atom stereocenters. The van der Waals surface area contributed by atoms with Gasteiger partial charge in [-0.3, -0.25) is 14.4 Å². The summed E-state index contributed by atoms with van der Waals surface area (Å²) in [6.07, 6.45) is 2.68. The summed E-state index contributed by atoms with van der Waals surface area (Å²) in [5, 5.41) is 8.57. The van der Waals surface area contributed by atoms with Crippen LogP contribution in [0.1, 0.15) is 83.4 Å². The molecule has 0 saturated carbocycles. The van der Waals surface area contributed by atoms with Crippen molar-refractivity contribution < 1.29 is 23.5 Å². The summed E-state index contributed by atoms with van der Waals surface area (Å²) in [5.74, 6) is -1.03. The van der Waals surface area contributed by atoms with Crippen LogP contribution in [0.4, 0.5) is 4.39 Å². The van der Waals surface area contributed by atoms with Gasteiger partial charge in [-0.2, -0.15) is 0 Å². The zero-order valence-corrected chi connectivity index (χ0v) is 25.8. The molecule has 0 aromatic heterocycles. The fraction of sp³-hybridized carbons (Fsp3) is 0.531. The summed E-state index contributed by atoms with van der Waals surface area (Å²) in [6, 6.07) is 12.4. The van der Waals surface area contributed by atoms with Gasteiger partial charge in [-0.15, -0.1) is 0 Å². The molecule has 0 aliphatic heterocycles. The minimum Gasteiger partial charge on any atom is -0.493 e. The van der Waals surface area contributed by atoms with Crippen LogP contribution in [0.3, 0.4) is 0 Å². The van der Waals surface area contributed by atoms with Gasteiger partial charge in [0.05, 0.1) is 6.61 Å². The molecule has 230 valence electrons. The first-order valence-corrected chi connectivity index (χ1v) is 14.7. The first-order chi connectivity index (χ1) is 19.7. The number of nitrogens with one attached hydrogen (secondary N) is 3. The Morgan fingerprint density at radius 3 is 2.27 bits per heavy atom. The Morgan fingerprint density at radius 2 is 1.66 bits per heavy atom. The van der Waals surface area contributed by atoms with Crippen LogP contribution in [-0.4, -0.2) is 43.5 Å². The van der Waals surface area contributed by atoms with Crippen molar-refractivity contribution in [2.75, 3.05) is 19.7 Å². The second-order valence-electron chi connectivity index (χ2n) is 9.24. The summed E-state index contributed by atoms with van der Waals surface area (Å²) in [7, 11) is 0. The van der Waals surface area contributed by atoms with Gasteiger partial charge < -0.3 is 26.4 Å². The lowest BCUT2D eigenvalue weighted by molar-refractivity contribution is -0.129. The quantitative estimate of drug-likeness (QED) is 0.211. The topological polar surface area (TPSA) is 123 Å². The number of hydrogen-bond acceptors (Lipinski definition) is 5. The molecule has 3 amide bonds. The number of amides is 3. The maximum atomic E-state index is 13.3. The SMILES string of the molecule is CC.CCNC(=O)C(CCC(N)=O)NC(=O)CCCCOc1cc(C)cc(F)c1.CCNCc1cccc(CC)c1. The highest BCUT2D eigenvalue weighted by Gasteiger charge is 2.20. The van der Waals surface area contributed by atoms with E-state index >= 15 is 0 Å². The van der Waals surface area contributed by atoms with Crippen LogP contribution in [0.25, 0.3) is 0 Å². The average Bonchev–Trinajstić information content (AvgIpc) is 2.95.